The number of aryl methyl sites for hydroxylation is 1. The molecule has 2 aromatic heterocycles. The number of hydrogen-bond acceptors (Lipinski definition) is 4. The number of anilines is 1. The number of hydrogen-bond donors (Lipinski definition) is 2. The normalized spacial score (nSPS) is 10.8. The number of halogens is 2. The summed E-state index contributed by atoms with van der Waals surface area (Å²) in [6.45, 7) is 5.29. The first-order chi connectivity index (χ1) is 9.69. The predicted octanol–water partition coefficient (Wildman–Crippen LogP) is 2.81. The molecule has 20 heavy (non-hydrogen) atoms. The van der Waals surface area contributed by atoms with Crippen molar-refractivity contribution in [2.45, 2.75) is 20.0 Å². The Labute approximate surface area is 128 Å². The molecule has 0 saturated heterocycles. The Morgan fingerprint density at radius 2 is 2.10 bits per heavy atom. The minimum Gasteiger partial charge on any atom is -0.368 e. The Bertz CT molecular complexity index is 555. The monoisotopic (exact) mass is 313 g/mol. The van der Waals surface area contributed by atoms with E-state index in [1.165, 1.54) is 5.56 Å². The van der Waals surface area contributed by atoms with Crippen molar-refractivity contribution in [1.82, 2.24) is 20.1 Å². The van der Waals surface area contributed by atoms with E-state index < -0.39 is 0 Å². The van der Waals surface area contributed by atoms with Crippen LogP contribution >= 0.6 is 23.2 Å². The smallest absolute Gasteiger partial charge is 0.144 e. The second-order valence-electron chi connectivity index (χ2n) is 4.29. The highest BCUT2D eigenvalue weighted by Crippen LogP contribution is 2.21. The van der Waals surface area contributed by atoms with Crippen LogP contribution in [0.25, 0.3) is 0 Å². The van der Waals surface area contributed by atoms with Gasteiger partial charge in [0, 0.05) is 44.1 Å². The molecule has 0 aromatic carbocycles. The van der Waals surface area contributed by atoms with Gasteiger partial charge in [-0.15, -0.1) is 0 Å². The fourth-order valence-corrected chi connectivity index (χ4v) is 2.16. The van der Waals surface area contributed by atoms with Gasteiger partial charge in [0.2, 0.25) is 0 Å². The van der Waals surface area contributed by atoms with Crippen molar-refractivity contribution in [3.05, 3.63) is 40.3 Å². The molecule has 7 heteroatoms. The highest BCUT2D eigenvalue weighted by molar-refractivity contribution is 6.35. The predicted molar refractivity (Wildman–Crippen MR) is 82.4 cm³/mol. The summed E-state index contributed by atoms with van der Waals surface area (Å²) in [6.07, 6.45) is 5.49. The van der Waals surface area contributed by atoms with Gasteiger partial charge in [-0.25, -0.2) is 4.98 Å². The van der Waals surface area contributed by atoms with Crippen LogP contribution in [0.4, 0.5) is 5.82 Å². The van der Waals surface area contributed by atoms with E-state index in [2.05, 4.69) is 27.6 Å². The molecule has 0 unspecified atom stereocenters. The van der Waals surface area contributed by atoms with Gasteiger partial charge in [-0.2, -0.15) is 5.10 Å². The van der Waals surface area contributed by atoms with E-state index in [0.29, 0.717) is 15.9 Å². The number of nitrogens with zero attached hydrogens (tertiary/aromatic N) is 3. The molecule has 108 valence electrons. The van der Waals surface area contributed by atoms with Gasteiger partial charge in [-0.3, -0.25) is 4.68 Å². The summed E-state index contributed by atoms with van der Waals surface area (Å²) in [4.78, 5) is 4.13. The van der Waals surface area contributed by atoms with E-state index in [9.17, 15) is 0 Å². The number of aromatic nitrogens is 3. The third-order valence-electron chi connectivity index (χ3n) is 2.74. The van der Waals surface area contributed by atoms with Crippen molar-refractivity contribution in [2.75, 3.05) is 18.4 Å². The molecule has 0 bridgehead atoms. The minimum atomic E-state index is 0.529. The molecule has 0 aliphatic heterocycles. The van der Waals surface area contributed by atoms with Crippen LogP contribution in [0.1, 0.15) is 12.5 Å². The Morgan fingerprint density at radius 1 is 1.25 bits per heavy atom. The second kappa shape index (κ2) is 7.47. The Kier molecular flexibility index (Phi) is 5.64. The zero-order chi connectivity index (χ0) is 14.4. The van der Waals surface area contributed by atoms with Crippen LogP contribution in [-0.2, 0) is 13.1 Å². The molecule has 2 N–H and O–H groups in total. The topological polar surface area (TPSA) is 54.8 Å². The van der Waals surface area contributed by atoms with Gasteiger partial charge < -0.3 is 10.6 Å². The van der Waals surface area contributed by atoms with Gasteiger partial charge in [0.05, 0.1) is 16.2 Å². The van der Waals surface area contributed by atoms with E-state index in [4.69, 9.17) is 23.2 Å². The lowest BCUT2D eigenvalue weighted by Gasteiger charge is -2.08. The summed E-state index contributed by atoms with van der Waals surface area (Å²) in [5, 5.41) is 11.8. The summed E-state index contributed by atoms with van der Waals surface area (Å²) in [6, 6.07) is 1.67. The number of pyridine rings is 1. The third-order valence-corrected chi connectivity index (χ3v) is 3.24. The summed E-state index contributed by atoms with van der Waals surface area (Å²) in [5.41, 5.74) is 1.18. The van der Waals surface area contributed by atoms with Crippen LogP contribution in [-0.4, -0.2) is 27.9 Å². The molecule has 2 aromatic rings. The van der Waals surface area contributed by atoms with E-state index >= 15 is 0 Å². The maximum absolute atomic E-state index is 6.02. The Balaban J connectivity index is 1.68. The van der Waals surface area contributed by atoms with Gasteiger partial charge in [0.1, 0.15) is 5.82 Å². The number of rotatable bonds is 7. The molecular weight excluding hydrogens is 297 g/mol. The maximum atomic E-state index is 6.02. The fourth-order valence-electron chi connectivity index (χ4n) is 1.72. The van der Waals surface area contributed by atoms with Gasteiger partial charge >= 0.3 is 0 Å². The molecule has 0 atom stereocenters. The highest BCUT2D eigenvalue weighted by atomic mass is 35.5. The Morgan fingerprint density at radius 3 is 2.80 bits per heavy atom. The largest absolute Gasteiger partial charge is 0.368 e. The van der Waals surface area contributed by atoms with Crippen LogP contribution < -0.4 is 10.6 Å². The lowest BCUT2D eigenvalue weighted by molar-refractivity contribution is 0.656. The number of nitrogens with one attached hydrogen (secondary N) is 2. The van der Waals surface area contributed by atoms with Crippen LogP contribution in [0.2, 0.25) is 10.0 Å². The molecule has 0 fully saturated rings. The molecule has 0 aliphatic carbocycles. The molecular formula is C13H17Cl2N5. The third kappa shape index (κ3) is 4.37. The molecule has 2 heterocycles. The lowest BCUT2D eigenvalue weighted by atomic mass is 10.3. The molecule has 0 saturated carbocycles. The summed E-state index contributed by atoms with van der Waals surface area (Å²) >= 11 is 11.8. The zero-order valence-electron chi connectivity index (χ0n) is 11.2. The SMILES string of the molecule is CCn1cc(CNCCNc2ncc(Cl)cc2Cl)cn1. The van der Waals surface area contributed by atoms with E-state index in [0.717, 1.165) is 26.2 Å². The van der Waals surface area contributed by atoms with Gasteiger partial charge in [-0.1, -0.05) is 23.2 Å². The van der Waals surface area contributed by atoms with Gasteiger partial charge in [-0.05, 0) is 13.0 Å². The van der Waals surface area contributed by atoms with Crippen molar-refractivity contribution in [1.29, 1.82) is 0 Å². The van der Waals surface area contributed by atoms with E-state index in [-0.39, 0.29) is 0 Å². The lowest BCUT2D eigenvalue weighted by Crippen LogP contribution is -2.22. The average molecular weight is 314 g/mol. The first-order valence-corrected chi connectivity index (χ1v) is 7.21. The second-order valence-corrected chi connectivity index (χ2v) is 5.14. The quantitative estimate of drug-likeness (QED) is 0.772. The molecule has 0 radical (unpaired) electrons. The van der Waals surface area contributed by atoms with Crippen LogP contribution in [0.5, 0.6) is 0 Å². The minimum absolute atomic E-state index is 0.529. The molecule has 5 nitrogen and oxygen atoms in total. The van der Waals surface area contributed by atoms with Crippen LogP contribution in [0.15, 0.2) is 24.7 Å². The van der Waals surface area contributed by atoms with Crippen LogP contribution in [0, 0.1) is 0 Å². The van der Waals surface area contributed by atoms with E-state index in [1.54, 1.807) is 12.3 Å². The molecule has 2 rings (SSSR count). The van der Waals surface area contributed by atoms with Gasteiger partial charge in [0.25, 0.3) is 0 Å². The zero-order valence-corrected chi connectivity index (χ0v) is 12.7. The standard InChI is InChI=1S/C13H17Cl2N5/c1-2-20-9-10(7-19-20)6-16-3-4-17-13-12(15)5-11(14)8-18-13/h5,7-9,16H,2-4,6H2,1H3,(H,17,18). The van der Waals surface area contributed by atoms with Crippen molar-refractivity contribution in [3.63, 3.8) is 0 Å². The molecule has 0 aliphatic rings. The molecule has 0 amide bonds. The summed E-state index contributed by atoms with van der Waals surface area (Å²) in [7, 11) is 0. The molecule has 0 spiro atoms. The van der Waals surface area contributed by atoms with Gasteiger partial charge in [0.15, 0.2) is 0 Å². The average Bonchev–Trinajstić information content (AvgIpc) is 2.88. The summed E-state index contributed by atoms with van der Waals surface area (Å²) < 4.78 is 1.91. The van der Waals surface area contributed by atoms with Crippen molar-refractivity contribution >= 4 is 29.0 Å². The highest BCUT2D eigenvalue weighted by Gasteiger charge is 2.02. The van der Waals surface area contributed by atoms with E-state index in [1.807, 2.05) is 17.1 Å². The first-order valence-electron chi connectivity index (χ1n) is 6.46. The summed E-state index contributed by atoms with van der Waals surface area (Å²) in [5.74, 6) is 0.650. The van der Waals surface area contributed by atoms with Crippen molar-refractivity contribution < 1.29 is 0 Å². The fraction of sp³-hybridized carbons (Fsp3) is 0.385. The first kappa shape index (κ1) is 15.1. The van der Waals surface area contributed by atoms with Crippen molar-refractivity contribution in [2.24, 2.45) is 0 Å². The van der Waals surface area contributed by atoms with Crippen molar-refractivity contribution in [3.8, 4) is 0 Å². The maximum Gasteiger partial charge on any atom is 0.144 e. The Hall–Kier alpha value is -1.30. The van der Waals surface area contributed by atoms with Crippen LogP contribution in [0.3, 0.4) is 0 Å².